The van der Waals surface area contributed by atoms with Gasteiger partial charge in [0.1, 0.15) is 5.82 Å². The summed E-state index contributed by atoms with van der Waals surface area (Å²) in [6, 6.07) is 6.47. The van der Waals surface area contributed by atoms with Crippen LogP contribution in [0, 0.1) is 0 Å². The van der Waals surface area contributed by atoms with E-state index in [1.165, 1.54) is 6.07 Å². The number of hydrogen-bond acceptors (Lipinski definition) is 3. The molecule has 1 atom stereocenters. The number of amides is 1. The Morgan fingerprint density at radius 3 is 2.88 bits per heavy atom. The lowest BCUT2D eigenvalue weighted by atomic mass is 10.2. The third-order valence-electron chi connectivity index (χ3n) is 3.89. The van der Waals surface area contributed by atoms with Crippen molar-refractivity contribution in [3.05, 3.63) is 41.9 Å². The number of alkyl halides is 2. The van der Waals surface area contributed by atoms with E-state index in [2.05, 4.69) is 20.4 Å². The minimum atomic E-state index is -2.68. The summed E-state index contributed by atoms with van der Waals surface area (Å²) in [5, 5.41) is 7.00. The van der Waals surface area contributed by atoms with E-state index in [1.54, 1.807) is 29.1 Å². The van der Waals surface area contributed by atoms with Gasteiger partial charge in [-0.2, -0.15) is 5.10 Å². The van der Waals surface area contributed by atoms with Crippen molar-refractivity contribution < 1.29 is 13.6 Å². The van der Waals surface area contributed by atoms with Crippen LogP contribution in [0.5, 0.6) is 0 Å². The first-order valence-electron chi connectivity index (χ1n) is 7.62. The van der Waals surface area contributed by atoms with Crippen LogP contribution in [-0.4, -0.2) is 25.7 Å². The van der Waals surface area contributed by atoms with Crippen LogP contribution >= 0.6 is 0 Å². The molecule has 1 amide bonds. The Bertz CT molecular complexity index is 870. The van der Waals surface area contributed by atoms with Gasteiger partial charge in [-0.1, -0.05) is 6.92 Å². The summed E-state index contributed by atoms with van der Waals surface area (Å²) in [7, 11) is 0. The SMILES string of the molecule is CCC(C)n1nccc1NC(=O)c1ccc2nc(C(F)F)[nH]c2c1. The third kappa shape index (κ3) is 2.99. The van der Waals surface area contributed by atoms with Gasteiger partial charge in [-0.15, -0.1) is 0 Å². The van der Waals surface area contributed by atoms with E-state index in [9.17, 15) is 13.6 Å². The molecule has 2 N–H and O–H groups in total. The highest BCUT2D eigenvalue weighted by molar-refractivity contribution is 6.05. The van der Waals surface area contributed by atoms with Gasteiger partial charge in [0.15, 0.2) is 5.82 Å². The van der Waals surface area contributed by atoms with Gasteiger partial charge in [-0.05, 0) is 31.5 Å². The van der Waals surface area contributed by atoms with Crippen LogP contribution < -0.4 is 5.32 Å². The summed E-state index contributed by atoms with van der Waals surface area (Å²) in [5.74, 6) is -0.153. The summed E-state index contributed by atoms with van der Waals surface area (Å²) in [4.78, 5) is 18.7. The predicted octanol–water partition coefficient (Wildman–Crippen LogP) is 3.92. The fraction of sp³-hybridized carbons (Fsp3) is 0.312. The molecule has 0 bridgehead atoms. The molecular formula is C16H17F2N5O. The number of anilines is 1. The van der Waals surface area contributed by atoms with Gasteiger partial charge in [0.05, 0.1) is 23.3 Å². The van der Waals surface area contributed by atoms with E-state index in [1.807, 2.05) is 13.8 Å². The number of fused-ring (bicyclic) bond motifs is 1. The molecule has 3 aromatic rings. The van der Waals surface area contributed by atoms with Crippen LogP contribution in [0.15, 0.2) is 30.5 Å². The molecule has 3 rings (SSSR count). The van der Waals surface area contributed by atoms with E-state index in [0.717, 1.165) is 6.42 Å². The van der Waals surface area contributed by atoms with Gasteiger partial charge < -0.3 is 10.3 Å². The molecule has 6 nitrogen and oxygen atoms in total. The Kier molecular flexibility index (Phi) is 4.28. The van der Waals surface area contributed by atoms with Gasteiger partial charge in [0, 0.05) is 11.6 Å². The summed E-state index contributed by atoms with van der Waals surface area (Å²) >= 11 is 0. The zero-order chi connectivity index (χ0) is 17.3. The van der Waals surface area contributed by atoms with E-state index >= 15 is 0 Å². The number of carbonyl (C=O) groups is 1. The number of hydrogen-bond donors (Lipinski definition) is 2. The quantitative estimate of drug-likeness (QED) is 0.743. The zero-order valence-corrected chi connectivity index (χ0v) is 13.3. The Morgan fingerprint density at radius 1 is 1.38 bits per heavy atom. The second kappa shape index (κ2) is 6.38. The highest BCUT2D eigenvalue weighted by Gasteiger charge is 2.16. The first-order chi connectivity index (χ1) is 11.5. The summed E-state index contributed by atoms with van der Waals surface area (Å²) in [6.07, 6.45) is -0.185. The summed E-state index contributed by atoms with van der Waals surface area (Å²) < 4.78 is 27.1. The van der Waals surface area contributed by atoms with Crippen LogP contribution in [-0.2, 0) is 0 Å². The van der Waals surface area contributed by atoms with Crippen molar-refractivity contribution in [2.24, 2.45) is 0 Å². The van der Waals surface area contributed by atoms with Crippen molar-refractivity contribution in [2.75, 3.05) is 5.32 Å². The van der Waals surface area contributed by atoms with E-state index in [-0.39, 0.29) is 11.9 Å². The number of rotatable bonds is 5. The van der Waals surface area contributed by atoms with E-state index in [4.69, 9.17) is 0 Å². The Hall–Kier alpha value is -2.77. The molecule has 2 aromatic heterocycles. The van der Waals surface area contributed by atoms with Gasteiger partial charge in [0.2, 0.25) is 0 Å². The van der Waals surface area contributed by atoms with Crippen molar-refractivity contribution in [3.8, 4) is 0 Å². The number of benzene rings is 1. The molecule has 126 valence electrons. The Balaban J connectivity index is 1.85. The molecular weight excluding hydrogens is 316 g/mol. The van der Waals surface area contributed by atoms with Crippen molar-refractivity contribution in [1.82, 2.24) is 19.7 Å². The molecule has 24 heavy (non-hydrogen) atoms. The number of nitrogens with zero attached hydrogens (tertiary/aromatic N) is 3. The Labute approximate surface area is 136 Å². The number of H-pyrrole nitrogens is 1. The standard InChI is InChI=1S/C16H17F2N5O/c1-3-9(2)23-13(6-7-19-23)22-16(24)10-4-5-11-12(8-10)21-15(20-11)14(17)18/h4-9,14H,3H2,1-2H3,(H,20,21)(H,22,24). The van der Waals surface area contributed by atoms with Crippen molar-refractivity contribution in [3.63, 3.8) is 0 Å². The fourth-order valence-electron chi connectivity index (χ4n) is 2.40. The molecule has 2 heterocycles. The highest BCUT2D eigenvalue weighted by atomic mass is 19.3. The maximum Gasteiger partial charge on any atom is 0.295 e. The second-order valence-electron chi connectivity index (χ2n) is 5.53. The van der Waals surface area contributed by atoms with Crippen LogP contribution in [0.4, 0.5) is 14.6 Å². The molecule has 0 aliphatic carbocycles. The molecule has 1 aromatic carbocycles. The largest absolute Gasteiger partial charge is 0.337 e. The molecule has 0 radical (unpaired) electrons. The topological polar surface area (TPSA) is 75.6 Å². The molecule has 0 saturated heterocycles. The van der Waals surface area contributed by atoms with Crippen molar-refractivity contribution in [2.45, 2.75) is 32.7 Å². The third-order valence-corrected chi connectivity index (χ3v) is 3.89. The van der Waals surface area contributed by atoms with Crippen LogP contribution in [0.2, 0.25) is 0 Å². The average Bonchev–Trinajstić information content (AvgIpc) is 3.19. The smallest absolute Gasteiger partial charge is 0.295 e. The van der Waals surface area contributed by atoms with Crippen molar-refractivity contribution in [1.29, 1.82) is 0 Å². The second-order valence-corrected chi connectivity index (χ2v) is 5.53. The van der Waals surface area contributed by atoms with Gasteiger partial charge in [-0.25, -0.2) is 18.4 Å². The molecule has 0 fully saturated rings. The number of nitrogens with one attached hydrogen (secondary N) is 2. The maximum atomic E-state index is 12.7. The minimum Gasteiger partial charge on any atom is -0.337 e. The number of halogens is 2. The molecule has 0 saturated carbocycles. The number of aromatic nitrogens is 4. The van der Waals surface area contributed by atoms with E-state index < -0.39 is 12.2 Å². The molecule has 1 unspecified atom stereocenters. The van der Waals surface area contributed by atoms with Gasteiger partial charge in [-0.3, -0.25) is 4.79 Å². The number of imidazole rings is 1. The van der Waals surface area contributed by atoms with E-state index in [0.29, 0.717) is 22.4 Å². The lowest BCUT2D eigenvalue weighted by Crippen LogP contribution is -2.17. The van der Waals surface area contributed by atoms with Crippen LogP contribution in [0.3, 0.4) is 0 Å². The normalized spacial score (nSPS) is 12.7. The number of carbonyl (C=O) groups excluding carboxylic acids is 1. The number of aromatic amines is 1. The first kappa shape index (κ1) is 16.1. The van der Waals surface area contributed by atoms with Gasteiger partial charge in [0.25, 0.3) is 12.3 Å². The van der Waals surface area contributed by atoms with Gasteiger partial charge >= 0.3 is 0 Å². The monoisotopic (exact) mass is 333 g/mol. The highest BCUT2D eigenvalue weighted by Crippen LogP contribution is 2.22. The summed E-state index contributed by atoms with van der Waals surface area (Å²) in [5.41, 5.74) is 1.14. The lowest BCUT2D eigenvalue weighted by Gasteiger charge is -2.14. The van der Waals surface area contributed by atoms with Crippen LogP contribution in [0.25, 0.3) is 11.0 Å². The summed E-state index contributed by atoms with van der Waals surface area (Å²) in [6.45, 7) is 4.04. The molecule has 8 heteroatoms. The average molecular weight is 333 g/mol. The Morgan fingerprint density at radius 2 is 2.17 bits per heavy atom. The lowest BCUT2D eigenvalue weighted by molar-refractivity contribution is 0.102. The molecule has 0 aliphatic heterocycles. The van der Waals surface area contributed by atoms with Crippen LogP contribution in [0.1, 0.15) is 48.9 Å². The molecule has 0 aliphatic rings. The van der Waals surface area contributed by atoms with Crippen molar-refractivity contribution >= 4 is 22.8 Å². The minimum absolute atomic E-state index is 0.152. The fourth-order valence-corrected chi connectivity index (χ4v) is 2.40. The molecule has 0 spiro atoms. The first-order valence-corrected chi connectivity index (χ1v) is 7.62. The predicted molar refractivity (Wildman–Crippen MR) is 86.2 cm³/mol. The zero-order valence-electron chi connectivity index (χ0n) is 13.3. The maximum absolute atomic E-state index is 12.7.